The first-order chi connectivity index (χ1) is 10.9. The molecule has 23 heavy (non-hydrogen) atoms. The van der Waals surface area contributed by atoms with E-state index in [4.69, 9.17) is 27.9 Å². The SMILES string of the molecule is CC(C)(CO)NCc1ccc(OCc2ccc(Cl)cc2Cl)cc1. The van der Waals surface area contributed by atoms with Crippen LogP contribution in [-0.4, -0.2) is 17.3 Å². The Bertz CT molecular complexity index is 642. The Labute approximate surface area is 147 Å². The second-order valence-corrected chi connectivity index (χ2v) is 6.91. The molecule has 0 fully saturated rings. The number of halogens is 2. The van der Waals surface area contributed by atoms with Gasteiger partial charge in [0.25, 0.3) is 0 Å². The average molecular weight is 354 g/mol. The average Bonchev–Trinajstić information content (AvgIpc) is 2.53. The molecule has 0 aliphatic heterocycles. The summed E-state index contributed by atoms with van der Waals surface area (Å²) in [5.41, 5.74) is 1.73. The summed E-state index contributed by atoms with van der Waals surface area (Å²) in [6, 6.07) is 13.2. The molecule has 0 spiro atoms. The van der Waals surface area contributed by atoms with E-state index >= 15 is 0 Å². The van der Waals surface area contributed by atoms with Gasteiger partial charge in [-0.05, 0) is 43.7 Å². The van der Waals surface area contributed by atoms with Crippen LogP contribution in [0.3, 0.4) is 0 Å². The molecule has 2 aromatic carbocycles. The highest BCUT2D eigenvalue weighted by Gasteiger charge is 2.14. The van der Waals surface area contributed by atoms with E-state index in [-0.39, 0.29) is 12.1 Å². The van der Waals surface area contributed by atoms with Crippen LogP contribution in [0.25, 0.3) is 0 Å². The van der Waals surface area contributed by atoms with Gasteiger partial charge in [0.05, 0.1) is 6.61 Å². The van der Waals surface area contributed by atoms with Crippen LogP contribution in [0.1, 0.15) is 25.0 Å². The minimum absolute atomic E-state index is 0.0933. The van der Waals surface area contributed by atoms with Gasteiger partial charge in [0, 0.05) is 27.7 Å². The van der Waals surface area contributed by atoms with Crippen LogP contribution in [0, 0.1) is 0 Å². The van der Waals surface area contributed by atoms with Gasteiger partial charge in [-0.15, -0.1) is 0 Å². The molecule has 0 bridgehead atoms. The van der Waals surface area contributed by atoms with Crippen LogP contribution < -0.4 is 10.1 Å². The Kier molecular flexibility index (Phi) is 6.31. The summed E-state index contributed by atoms with van der Waals surface area (Å²) in [4.78, 5) is 0. The third-order valence-electron chi connectivity index (χ3n) is 3.50. The van der Waals surface area contributed by atoms with E-state index in [0.717, 1.165) is 16.9 Å². The molecular weight excluding hydrogens is 333 g/mol. The summed E-state index contributed by atoms with van der Waals surface area (Å²) >= 11 is 12.0. The molecule has 5 heteroatoms. The Morgan fingerprint density at radius 2 is 1.78 bits per heavy atom. The van der Waals surface area contributed by atoms with Crippen LogP contribution in [-0.2, 0) is 13.2 Å². The predicted octanol–water partition coefficient (Wildman–Crippen LogP) is 4.43. The molecule has 0 amide bonds. The van der Waals surface area contributed by atoms with Crippen molar-refractivity contribution in [3.63, 3.8) is 0 Å². The second kappa shape index (κ2) is 8.02. The first kappa shape index (κ1) is 18.1. The second-order valence-electron chi connectivity index (χ2n) is 6.06. The number of rotatable bonds is 7. The van der Waals surface area contributed by atoms with Crippen molar-refractivity contribution < 1.29 is 9.84 Å². The predicted molar refractivity (Wildman–Crippen MR) is 95.2 cm³/mol. The molecule has 3 nitrogen and oxygen atoms in total. The molecule has 2 N–H and O–H groups in total. The van der Waals surface area contributed by atoms with E-state index in [9.17, 15) is 5.11 Å². The molecule has 0 atom stereocenters. The lowest BCUT2D eigenvalue weighted by atomic mass is 10.1. The van der Waals surface area contributed by atoms with Gasteiger partial charge in [-0.3, -0.25) is 0 Å². The number of nitrogens with one attached hydrogen (secondary N) is 1. The molecule has 124 valence electrons. The van der Waals surface area contributed by atoms with E-state index in [1.54, 1.807) is 12.1 Å². The summed E-state index contributed by atoms with van der Waals surface area (Å²) in [5, 5.41) is 13.7. The van der Waals surface area contributed by atoms with Gasteiger partial charge in [-0.2, -0.15) is 0 Å². The van der Waals surface area contributed by atoms with E-state index < -0.39 is 0 Å². The number of benzene rings is 2. The number of aliphatic hydroxyl groups excluding tert-OH is 1. The van der Waals surface area contributed by atoms with Gasteiger partial charge >= 0.3 is 0 Å². The molecule has 0 heterocycles. The van der Waals surface area contributed by atoms with Gasteiger partial charge in [-0.1, -0.05) is 41.4 Å². The third-order valence-corrected chi connectivity index (χ3v) is 4.09. The minimum atomic E-state index is -0.291. The first-order valence-electron chi connectivity index (χ1n) is 7.41. The van der Waals surface area contributed by atoms with Crippen molar-refractivity contribution in [1.82, 2.24) is 5.32 Å². The Hall–Kier alpha value is -1.26. The molecule has 0 unspecified atom stereocenters. The zero-order valence-corrected chi connectivity index (χ0v) is 14.8. The van der Waals surface area contributed by atoms with Crippen molar-refractivity contribution in [3.8, 4) is 5.75 Å². The highest BCUT2D eigenvalue weighted by atomic mass is 35.5. The van der Waals surface area contributed by atoms with Crippen molar-refractivity contribution in [1.29, 1.82) is 0 Å². The van der Waals surface area contributed by atoms with Crippen molar-refractivity contribution in [2.75, 3.05) is 6.61 Å². The van der Waals surface area contributed by atoms with Crippen LogP contribution in [0.5, 0.6) is 5.75 Å². The van der Waals surface area contributed by atoms with Crippen molar-refractivity contribution >= 4 is 23.2 Å². The van der Waals surface area contributed by atoms with Crippen molar-refractivity contribution in [2.45, 2.75) is 32.5 Å². The fourth-order valence-electron chi connectivity index (χ4n) is 1.90. The molecule has 2 aromatic rings. The zero-order chi connectivity index (χ0) is 16.9. The fraction of sp³-hybridized carbons (Fsp3) is 0.333. The normalized spacial score (nSPS) is 11.5. The van der Waals surface area contributed by atoms with Crippen LogP contribution >= 0.6 is 23.2 Å². The Balaban J connectivity index is 1.90. The lowest BCUT2D eigenvalue weighted by Gasteiger charge is -2.23. The number of hydrogen-bond acceptors (Lipinski definition) is 3. The maximum absolute atomic E-state index is 9.23. The van der Waals surface area contributed by atoms with Crippen LogP contribution in [0.15, 0.2) is 42.5 Å². The van der Waals surface area contributed by atoms with Gasteiger partial charge in [0.2, 0.25) is 0 Å². The fourth-order valence-corrected chi connectivity index (χ4v) is 2.36. The standard InChI is InChI=1S/C18H21Cl2NO2/c1-18(2,12-22)21-10-13-3-7-16(8-4-13)23-11-14-5-6-15(19)9-17(14)20/h3-9,21-22H,10-12H2,1-2H3. The molecule has 0 radical (unpaired) electrons. The number of ether oxygens (including phenoxy) is 1. The van der Waals surface area contributed by atoms with E-state index in [1.165, 1.54) is 0 Å². The maximum Gasteiger partial charge on any atom is 0.119 e. The quantitative estimate of drug-likeness (QED) is 0.773. The summed E-state index contributed by atoms with van der Waals surface area (Å²) < 4.78 is 5.75. The van der Waals surface area contributed by atoms with Gasteiger partial charge in [0.1, 0.15) is 12.4 Å². The lowest BCUT2D eigenvalue weighted by molar-refractivity contribution is 0.187. The zero-order valence-electron chi connectivity index (χ0n) is 13.3. The van der Waals surface area contributed by atoms with Gasteiger partial charge in [0.15, 0.2) is 0 Å². The van der Waals surface area contributed by atoms with Crippen molar-refractivity contribution in [2.24, 2.45) is 0 Å². The van der Waals surface area contributed by atoms with Crippen molar-refractivity contribution in [3.05, 3.63) is 63.6 Å². The topological polar surface area (TPSA) is 41.5 Å². The summed E-state index contributed by atoms with van der Waals surface area (Å²) in [6.45, 7) is 5.10. The monoisotopic (exact) mass is 353 g/mol. The minimum Gasteiger partial charge on any atom is -0.489 e. The van der Waals surface area contributed by atoms with Crippen LogP contribution in [0.4, 0.5) is 0 Å². The Morgan fingerprint density at radius 1 is 1.09 bits per heavy atom. The molecule has 2 rings (SSSR count). The molecular formula is C18H21Cl2NO2. The highest BCUT2D eigenvalue weighted by molar-refractivity contribution is 6.35. The summed E-state index contributed by atoms with van der Waals surface area (Å²) in [6.07, 6.45) is 0. The van der Waals surface area contributed by atoms with E-state index in [0.29, 0.717) is 23.2 Å². The molecule has 0 aliphatic carbocycles. The molecule has 0 aliphatic rings. The highest BCUT2D eigenvalue weighted by Crippen LogP contribution is 2.23. The van der Waals surface area contributed by atoms with Gasteiger partial charge < -0.3 is 15.2 Å². The summed E-state index contributed by atoms with van der Waals surface area (Å²) in [5.74, 6) is 0.779. The number of hydrogen-bond donors (Lipinski definition) is 2. The van der Waals surface area contributed by atoms with Gasteiger partial charge in [-0.25, -0.2) is 0 Å². The molecule has 0 aromatic heterocycles. The summed E-state index contributed by atoms with van der Waals surface area (Å²) in [7, 11) is 0. The van der Waals surface area contributed by atoms with Crippen LogP contribution in [0.2, 0.25) is 10.0 Å². The molecule has 0 saturated heterocycles. The molecule has 0 saturated carbocycles. The smallest absolute Gasteiger partial charge is 0.119 e. The maximum atomic E-state index is 9.23. The van der Waals surface area contributed by atoms with E-state index in [1.807, 2.05) is 44.2 Å². The lowest BCUT2D eigenvalue weighted by Crippen LogP contribution is -2.42. The van der Waals surface area contributed by atoms with E-state index in [2.05, 4.69) is 5.32 Å². The Morgan fingerprint density at radius 3 is 2.39 bits per heavy atom. The third kappa shape index (κ3) is 5.70. The largest absolute Gasteiger partial charge is 0.489 e. The number of aliphatic hydroxyl groups is 1. The first-order valence-corrected chi connectivity index (χ1v) is 8.17.